The Morgan fingerprint density at radius 3 is 2.86 bits per heavy atom. The van der Waals surface area contributed by atoms with Crippen molar-refractivity contribution < 1.29 is 0 Å². The van der Waals surface area contributed by atoms with E-state index in [1.165, 1.54) is 30.6 Å². The highest BCUT2D eigenvalue weighted by Gasteiger charge is 2.21. The average molecular weight is 205 g/mol. The Morgan fingerprint density at radius 1 is 1.50 bits per heavy atom. The molecule has 14 heavy (non-hydrogen) atoms. The molecule has 0 aliphatic heterocycles. The Bertz CT molecular complexity index is 304. The lowest BCUT2D eigenvalue weighted by atomic mass is 9.93. The van der Waals surface area contributed by atoms with Crippen LogP contribution in [0.15, 0.2) is 17.5 Å². The van der Waals surface area contributed by atoms with Crippen molar-refractivity contribution in [3.8, 4) is 6.07 Å². The smallest absolute Gasteiger partial charge is 0.0808 e. The van der Waals surface area contributed by atoms with E-state index in [-0.39, 0.29) is 5.92 Å². The highest BCUT2D eigenvalue weighted by atomic mass is 32.1. The van der Waals surface area contributed by atoms with E-state index < -0.39 is 0 Å². The van der Waals surface area contributed by atoms with Gasteiger partial charge in [-0.1, -0.05) is 31.7 Å². The monoisotopic (exact) mass is 205 g/mol. The lowest BCUT2D eigenvalue weighted by Crippen LogP contribution is -2.01. The third-order valence-corrected chi connectivity index (χ3v) is 4.07. The fraction of sp³-hybridized carbons (Fsp3) is 0.583. The molecule has 1 atom stereocenters. The van der Waals surface area contributed by atoms with E-state index in [4.69, 9.17) is 5.26 Å². The Hall–Kier alpha value is -0.810. The van der Waals surface area contributed by atoms with E-state index >= 15 is 0 Å². The molecule has 74 valence electrons. The first-order chi connectivity index (χ1) is 6.90. The molecule has 0 aromatic carbocycles. The molecule has 1 fully saturated rings. The van der Waals surface area contributed by atoms with Crippen LogP contribution < -0.4 is 0 Å². The molecule has 2 heteroatoms. The molecule has 0 amide bonds. The van der Waals surface area contributed by atoms with Crippen LogP contribution in [-0.4, -0.2) is 0 Å². The van der Waals surface area contributed by atoms with Crippen molar-refractivity contribution in [1.29, 1.82) is 5.26 Å². The Kier molecular flexibility index (Phi) is 3.21. The molecule has 0 saturated heterocycles. The number of hydrogen-bond acceptors (Lipinski definition) is 2. The molecule has 1 aliphatic rings. The highest BCUT2D eigenvalue weighted by molar-refractivity contribution is 7.10. The van der Waals surface area contributed by atoms with Gasteiger partial charge in [-0.15, -0.1) is 11.3 Å². The van der Waals surface area contributed by atoms with Gasteiger partial charge in [0.25, 0.3) is 0 Å². The molecule has 1 aliphatic carbocycles. The fourth-order valence-electron chi connectivity index (χ4n) is 2.30. The van der Waals surface area contributed by atoms with Crippen LogP contribution in [0.3, 0.4) is 0 Å². The zero-order chi connectivity index (χ0) is 9.80. The lowest BCUT2D eigenvalue weighted by molar-refractivity contribution is 0.485. The molecule has 1 unspecified atom stereocenters. The number of thiophene rings is 1. The summed E-state index contributed by atoms with van der Waals surface area (Å²) in [5, 5.41) is 11.2. The topological polar surface area (TPSA) is 23.8 Å². The van der Waals surface area contributed by atoms with Crippen molar-refractivity contribution in [2.75, 3.05) is 0 Å². The summed E-state index contributed by atoms with van der Waals surface area (Å²) in [5.74, 6) is 0.958. The maximum atomic E-state index is 9.11. The molecule has 1 heterocycles. The number of nitrogens with zero attached hydrogens (tertiary/aromatic N) is 1. The summed E-state index contributed by atoms with van der Waals surface area (Å²) in [6, 6.07) is 6.57. The van der Waals surface area contributed by atoms with Gasteiger partial charge in [-0.2, -0.15) is 5.26 Å². The summed E-state index contributed by atoms with van der Waals surface area (Å²) in [6.45, 7) is 0. The van der Waals surface area contributed by atoms with E-state index in [0.29, 0.717) is 0 Å². The maximum absolute atomic E-state index is 9.11. The minimum atomic E-state index is 0.151. The predicted molar refractivity (Wildman–Crippen MR) is 59.2 cm³/mol. The SMILES string of the molecule is N#CC(CC1CCCC1)c1cccs1. The van der Waals surface area contributed by atoms with Crippen LogP contribution in [0.5, 0.6) is 0 Å². The van der Waals surface area contributed by atoms with Crippen molar-refractivity contribution in [1.82, 2.24) is 0 Å². The van der Waals surface area contributed by atoms with Gasteiger partial charge in [0.05, 0.1) is 12.0 Å². The van der Waals surface area contributed by atoms with Crippen LogP contribution in [0.4, 0.5) is 0 Å². The quantitative estimate of drug-likeness (QED) is 0.733. The minimum absolute atomic E-state index is 0.151. The van der Waals surface area contributed by atoms with E-state index in [0.717, 1.165) is 12.3 Å². The summed E-state index contributed by atoms with van der Waals surface area (Å²) in [7, 11) is 0. The van der Waals surface area contributed by atoms with Gasteiger partial charge in [-0.25, -0.2) is 0 Å². The van der Waals surface area contributed by atoms with Gasteiger partial charge in [0.1, 0.15) is 0 Å². The molecule has 1 aromatic rings. The Morgan fingerprint density at radius 2 is 2.29 bits per heavy atom. The molecule has 0 N–H and O–H groups in total. The molecule has 1 nitrogen and oxygen atoms in total. The van der Waals surface area contributed by atoms with Gasteiger partial charge >= 0.3 is 0 Å². The largest absolute Gasteiger partial charge is 0.198 e. The third-order valence-electron chi connectivity index (χ3n) is 3.09. The highest BCUT2D eigenvalue weighted by Crippen LogP contribution is 2.35. The first-order valence-corrected chi connectivity index (χ1v) is 6.21. The molecule has 1 aromatic heterocycles. The lowest BCUT2D eigenvalue weighted by Gasteiger charge is -2.12. The van der Waals surface area contributed by atoms with E-state index in [1.54, 1.807) is 11.3 Å². The van der Waals surface area contributed by atoms with Crippen molar-refractivity contribution in [2.45, 2.75) is 38.0 Å². The van der Waals surface area contributed by atoms with Crippen LogP contribution >= 0.6 is 11.3 Å². The maximum Gasteiger partial charge on any atom is 0.0808 e. The van der Waals surface area contributed by atoms with Crippen molar-refractivity contribution in [2.24, 2.45) is 5.92 Å². The van der Waals surface area contributed by atoms with Gasteiger partial charge in [-0.05, 0) is 23.8 Å². The zero-order valence-corrected chi connectivity index (χ0v) is 9.09. The van der Waals surface area contributed by atoms with E-state index in [9.17, 15) is 0 Å². The summed E-state index contributed by atoms with van der Waals surface area (Å²) in [6.07, 6.45) is 6.49. The van der Waals surface area contributed by atoms with Gasteiger partial charge in [0.15, 0.2) is 0 Å². The molecular formula is C12H15NS. The fourth-order valence-corrected chi connectivity index (χ4v) is 3.09. The molecular weight excluding hydrogens is 190 g/mol. The van der Waals surface area contributed by atoms with Gasteiger partial charge in [0.2, 0.25) is 0 Å². The Labute approximate surface area is 89.4 Å². The van der Waals surface area contributed by atoms with Crippen LogP contribution in [0.1, 0.15) is 42.9 Å². The summed E-state index contributed by atoms with van der Waals surface area (Å²) < 4.78 is 0. The van der Waals surface area contributed by atoms with Crippen LogP contribution in [0, 0.1) is 17.2 Å². The second-order valence-corrected chi connectivity index (χ2v) is 5.06. The van der Waals surface area contributed by atoms with Crippen LogP contribution in [0.25, 0.3) is 0 Å². The van der Waals surface area contributed by atoms with Crippen molar-refractivity contribution >= 4 is 11.3 Å². The molecule has 0 radical (unpaired) electrons. The van der Waals surface area contributed by atoms with Gasteiger partial charge in [-0.3, -0.25) is 0 Å². The third kappa shape index (κ3) is 2.16. The molecule has 1 saturated carbocycles. The zero-order valence-electron chi connectivity index (χ0n) is 8.28. The standard InChI is InChI=1S/C12H15NS/c13-9-11(12-6-3-7-14-12)8-10-4-1-2-5-10/h3,6-7,10-11H,1-2,4-5,8H2. The average Bonchev–Trinajstić information content (AvgIpc) is 2.86. The number of hydrogen-bond donors (Lipinski definition) is 0. The number of nitriles is 1. The van der Waals surface area contributed by atoms with Gasteiger partial charge in [0, 0.05) is 4.88 Å². The first kappa shape index (κ1) is 9.73. The summed E-state index contributed by atoms with van der Waals surface area (Å²) in [4.78, 5) is 1.25. The second-order valence-electron chi connectivity index (χ2n) is 4.08. The Balaban J connectivity index is 1.97. The van der Waals surface area contributed by atoms with Crippen LogP contribution in [-0.2, 0) is 0 Å². The summed E-state index contributed by atoms with van der Waals surface area (Å²) in [5.41, 5.74) is 0. The van der Waals surface area contributed by atoms with Crippen molar-refractivity contribution in [3.63, 3.8) is 0 Å². The van der Waals surface area contributed by atoms with Crippen LogP contribution in [0.2, 0.25) is 0 Å². The molecule has 2 rings (SSSR count). The summed E-state index contributed by atoms with van der Waals surface area (Å²) >= 11 is 1.72. The number of rotatable bonds is 3. The van der Waals surface area contributed by atoms with E-state index in [1.807, 2.05) is 6.07 Å². The molecule has 0 spiro atoms. The second kappa shape index (κ2) is 4.61. The first-order valence-electron chi connectivity index (χ1n) is 5.33. The van der Waals surface area contributed by atoms with E-state index in [2.05, 4.69) is 17.5 Å². The molecule has 0 bridgehead atoms. The predicted octanol–water partition coefficient (Wildman–Crippen LogP) is 3.94. The minimum Gasteiger partial charge on any atom is -0.198 e. The normalized spacial score (nSPS) is 19.4. The van der Waals surface area contributed by atoms with Crippen molar-refractivity contribution in [3.05, 3.63) is 22.4 Å². The van der Waals surface area contributed by atoms with Gasteiger partial charge < -0.3 is 0 Å².